The molecule has 0 bridgehead atoms. The van der Waals surface area contributed by atoms with Crippen LogP contribution in [-0.2, 0) is 10.0 Å². The number of rotatable bonds is 5. The van der Waals surface area contributed by atoms with Crippen LogP contribution in [0.15, 0.2) is 47.4 Å². The summed E-state index contributed by atoms with van der Waals surface area (Å²) < 4.78 is 28.0. The van der Waals surface area contributed by atoms with Crippen LogP contribution in [0.4, 0.5) is 11.5 Å². The van der Waals surface area contributed by atoms with Gasteiger partial charge in [-0.25, -0.2) is 8.42 Å². The lowest BCUT2D eigenvalue weighted by Crippen LogP contribution is -2.16. The Bertz CT molecular complexity index is 1160. The van der Waals surface area contributed by atoms with Crippen LogP contribution in [0.5, 0.6) is 0 Å². The van der Waals surface area contributed by atoms with Gasteiger partial charge in [0.1, 0.15) is 4.90 Å². The standard InChI is InChI=1S/C18H16Cl2N4O3S/c1-10-3-5-13(9-15(10)20)24-28(26,27)16-8-12(4-6-14(16)19)18(25)21-17-7-11(2)22-23-17/h3-9,24H,1-2H3,(H2,21,22,23,25). The Kier molecular flexibility index (Phi) is 5.64. The van der Waals surface area contributed by atoms with Crippen LogP contribution in [0, 0.1) is 13.8 Å². The average molecular weight is 439 g/mol. The third kappa shape index (κ3) is 4.46. The second kappa shape index (κ2) is 7.83. The molecule has 0 aliphatic carbocycles. The molecule has 28 heavy (non-hydrogen) atoms. The van der Waals surface area contributed by atoms with Gasteiger partial charge >= 0.3 is 0 Å². The molecule has 3 N–H and O–H groups in total. The lowest BCUT2D eigenvalue weighted by molar-refractivity contribution is 0.102. The predicted octanol–water partition coefficient (Wildman–Crippen LogP) is 4.39. The Morgan fingerprint density at radius 3 is 2.43 bits per heavy atom. The summed E-state index contributed by atoms with van der Waals surface area (Å²) in [5, 5.41) is 9.61. The first-order valence-electron chi connectivity index (χ1n) is 8.07. The second-order valence-corrected chi connectivity index (χ2v) is 8.57. The zero-order valence-corrected chi connectivity index (χ0v) is 17.2. The van der Waals surface area contributed by atoms with Crippen molar-refractivity contribution in [3.05, 3.63) is 69.3 Å². The molecule has 1 heterocycles. The Morgan fingerprint density at radius 2 is 1.79 bits per heavy atom. The van der Waals surface area contributed by atoms with Crippen molar-refractivity contribution in [1.82, 2.24) is 10.2 Å². The van der Waals surface area contributed by atoms with E-state index in [1.807, 2.05) is 0 Å². The fourth-order valence-corrected chi connectivity index (χ4v) is 4.14. The Hall–Kier alpha value is -2.55. The lowest BCUT2D eigenvalue weighted by Gasteiger charge is -2.12. The summed E-state index contributed by atoms with van der Waals surface area (Å²) >= 11 is 12.1. The highest BCUT2D eigenvalue weighted by molar-refractivity contribution is 7.92. The van der Waals surface area contributed by atoms with Crippen LogP contribution in [0.25, 0.3) is 0 Å². The second-order valence-electron chi connectivity index (χ2n) is 6.10. The first kappa shape index (κ1) is 20.2. The van der Waals surface area contributed by atoms with E-state index in [1.165, 1.54) is 24.3 Å². The van der Waals surface area contributed by atoms with E-state index in [4.69, 9.17) is 23.2 Å². The number of hydrogen-bond acceptors (Lipinski definition) is 4. The van der Waals surface area contributed by atoms with Gasteiger partial charge in [0.25, 0.3) is 15.9 Å². The summed E-state index contributed by atoms with van der Waals surface area (Å²) in [7, 11) is -4.04. The number of hydrogen-bond donors (Lipinski definition) is 3. The molecule has 0 saturated heterocycles. The first-order chi connectivity index (χ1) is 13.2. The van der Waals surface area contributed by atoms with Crippen LogP contribution in [0.2, 0.25) is 10.0 Å². The third-order valence-electron chi connectivity index (χ3n) is 3.85. The average Bonchev–Trinajstić information content (AvgIpc) is 3.03. The molecular formula is C18H16Cl2N4O3S. The van der Waals surface area contributed by atoms with Crippen molar-refractivity contribution in [3.8, 4) is 0 Å². The van der Waals surface area contributed by atoms with Crippen molar-refractivity contribution in [2.45, 2.75) is 18.7 Å². The van der Waals surface area contributed by atoms with Crippen molar-refractivity contribution < 1.29 is 13.2 Å². The number of nitrogens with one attached hydrogen (secondary N) is 3. The van der Waals surface area contributed by atoms with E-state index < -0.39 is 15.9 Å². The number of benzene rings is 2. The van der Waals surface area contributed by atoms with Crippen molar-refractivity contribution in [3.63, 3.8) is 0 Å². The summed E-state index contributed by atoms with van der Waals surface area (Å²) in [5.74, 6) is -0.188. The van der Waals surface area contributed by atoms with Crippen LogP contribution in [-0.4, -0.2) is 24.5 Å². The largest absolute Gasteiger partial charge is 0.305 e. The molecule has 0 atom stereocenters. The maximum atomic E-state index is 12.8. The molecule has 1 aromatic heterocycles. The molecule has 146 valence electrons. The number of halogens is 2. The number of sulfonamides is 1. The van der Waals surface area contributed by atoms with E-state index in [0.717, 1.165) is 11.3 Å². The summed E-state index contributed by atoms with van der Waals surface area (Å²) in [5.41, 5.74) is 1.99. The molecule has 0 fully saturated rings. The molecule has 0 radical (unpaired) electrons. The highest BCUT2D eigenvalue weighted by atomic mass is 35.5. The quantitative estimate of drug-likeness (QED) is 0.549. The van der Waals surface area contributed by atoms with E-state index >= 15 is 0 Å². The van der Waals surface area contributed by atoms with Crippen LogP contribution < -0.4 is 10.0 Å². The minimum atomic E-state index is -4.04. The maximum Gasteiger partial charge on any atom is 0.263 e. The van der Waals surface area contributed by atoms with Gasteiger partial charge in [-0.1, -0.05) is 29.3 Å². The van der Waals surface area contributed by atoms with Gasteiger partial charge in [-0.2, -0.15) is 5.10 Å². The van der Waals surface area contributed by atoms with Crippen molar-refractivity contribution in [1.29, 1.82) is 0 Å². The monoisotopic (exact) mass is 438 g/mol. The van der Waals surface area contributed by atoms with E-state index in [0.29, 0.717) is 10.8 Å². The van der Waals surface area contributed by atoms with Gasteiger partial charge in [-0.15, -0.1) is 0 Å². The molecule has 0 spiro atoms. The molecule has 0 aliphatic heterocycles. The van der Waals surface area contributed by atoms with E-state index in [2.05, 4.69) is 20.2 Å². The molecule has 3 aromatic rings. The van der Waals surface area contributed by atoms with Crippen LogP contribution in [0.3, 0.4) is 0 Å². The van der Waals surface area contributed by atoms with E-state index in [9.17, 15) is 13.2 Å². The lowest BCUT2D eigenvalue weighted by atomic mass is 10.2. The maximum absolute atomic E-state index is 12.8. The molecule has 0 aliphatic rings. The predicted molar refractivity (Wildman–Crippen MR) is 110 cm³/mol. The molecule has 0 unspecified atom stereocenters. The number of aryl methyl sites for hydroxylation is 2. The minimum absolute atomic E-state index is 0.0159. The molecule has 7 nitrogen and oxygen atoms in total. The van der Waals surface area contributed by atoms with Gasteiger partial charge in [0.15, 0.2) is 5.82 Å². The number of H-pyrrole nitrogens is 1. The Morgan fingerprint density at radius 1 is 1.04 bits per heavy atom. The summed E-state index contributed by atoms with van der Waals surface area (Å²) in [6, 6.07) is 10.4. The molecule has 1 amide bonds. The summed E-state index contributed by atoms with van der Waals surface area (Å²) in [4.78, 5) is 12.2. The van der Waals surface area contributed by atoms with E-state index in [-0.39, 0.29) is 21.2 Å². The third-order valence-corrected chi connectivity index (χ3v) is 6.12. The number of nitrogens with zero attached hydrogens (tertiary/aromatic N) is 1. The molecular weight excluding hydrogens is 423 g/mol. The molecule has 2 aromatic carbocycles. The Balaban J connectivity index is 1.89. The number of carbonyl (C=O) groups excluding carboxylic acids is 1. The first-order valence-corrected chi connectivity index (χ1v) is 10.3. The highest BCUT2D eigenvalue weighted by Gasteiger charge is 2.21. The van der Waals surface area contributed by atoms with Gasteiger partial charge in [-0.3, -0.25) is 14.6 Å². The number of aromatic nitrogens is 2. The minimum Gasteiger partial charge on any atom is -0.305 e. The van der Waals surface area contributed by atoms with Gasteiger partial charge in [0.2, 0.25) is 0 Å². The number of aromatic amines is 1. The highest BCUT2D eigenvalue weighted by Crippen LogP contribution is 2.27. The fraction of sp³-hybridized carbons (Fsp3) is 0.111. The fourth-order valence-electron chi connectivity index (χ4n) is 2.39. The van der Waals surface area contributed by atoms with Crippen LogP contribution in [0.1, 0.15) is 21.6 Å². The SMILES string of the molecule is Cc1cc(NC(=O)c2ccc(Cl)c(S(=O)(=O)Nc3ccc(C)c(Cl)c3)c2)n[nH]1. The topological polar surface area (TPSA) is 104 Å². The normalized spacial score (nSPS) is 11.3. The van der Waals surface area contributed by atoms with Gasteiger partial charge in [-0.05, 0) is 49.7 Å². The van der Waals surface area contributed by atoms with Crippen molar-refractivity contribution in [2.75, 3.05) is 10.0 Å². The smallest absolute Gasteiger partial charge is 0.263 e. The van der Waals surface area contributed by atoms with Crippen molar-refractivity contribution >= 4 is 50.6 Å². The number of carbonyl (C=O) groups is 1. The van der Waals surface area contributed by atoms with Gasteiger partial charge in [0.05, 0.1) is 10.7 Å². The number of anilines is 2. The zero-order valence-electron chi connectivity index (χ0n) is 14.9. The Labute approximate surface area is 172 Å². The van der Waals surface area contributed by atoms with Gasteiger partial charge < -0.3 is 5.32 Å². The molecule has 10 heteroatoms. The van der Waals surface area contributed by atoms with Gasteiger partial charge in [0, 0.05) is 22.3 Å². The summed E-state index contributed by atoms with van der Waals surface area (Å²) in [6.45, 7) is 3.60. The zero-order chi connectivity index (χ0) is 20.5. The molecule has 3 rings (SSSR count). The summed E-state index contributed by atoms with van der Waals surface area (Å²) in [6.07, 6.45) is 0. The van der Waals surface area contributed by atoms with E-state index in [1.54, 1.807) is 32.0 Å². The number of amides is 1. The van der Waals surface area contributed by atoms with Crippen LogP contribution >= 0.6 is 23.2 Å². The van der Waals surface area contributed by atoms with Crippen molar-refractivity contribution in [2.24, 2.45) is 0 Å². The molecule has 0 saturated carbocycles.